The molecule has 1 amide bonds. The fourth-order valence-electron chi connectivity index (χ4n) is 2.26. The van der Waals surface area contributed by atoms with Crippen molar-refractivity contribution in [2.75, 3.05) is 19.7 Å². The topological polar surface area (TPSA) is 41.6 Å². The molecular weight excluding hydrogens is 352 g/mol. The smallest absolute Gasteiger partial charge is 0.257 e. The molecule has 4 nitrogen and oxygen atoms in total. The van der Waals surface area contributed by atoms with Crippen LogP contribution in [0.4, 0.5) is 0 Å². The second-order valence-corrected chi connectivity index (χ2v) is 6.13. The molecule has 0 unspecified atom stereocenters. The van der Waals surface area contributed by atoms with Gasteiger partial charge in [0, 0.05) is 18.7 Å². The number of rotatable bonds is 3. The molecule has 1 heterocycles. The highest BCUT2D eigenvalue weighted by Gasteiger charge is 2.16. The average Bonchev–Trinajstić information content (AvgIpc) is 2.50. The van der Waals surface area contributed by atoms with E-state index in [2.05, 4.69) is 26.1 Å². The summed E-state index contributed by atoms with van der Waals surface area (Å²) in [7, 11) is 0. The van der Waals surface area contributed by atoms with E-state index in [4.69, 9.17) is 17.0 Å². The van der Waals surface area contributed by atoms with Crippen molar-refractivity contribution in [3.05, 3.63) is 28.2 Å². The summed E-state index contributed by atoms with van der Waals surface area (Å²) >= 11 is 8.72. The molecular formula is C15H19BrN2O2S. The molecule has 0 saturated carbocycles. The van der Waals surface area contributed by atoms with Gasteiger partial charge < -0.3 is 9.64 Å². The van der Waals surface area contributed by atoms with Crippen molar-refractivity contribution in [3.8, 4) is 5.75 Å². The van der Waals surface area contributed by atoms with Crippen molar-refractivity contribution >= 4 is 39.2 Å². The lowest BCUT2D eigenvalue weighted by atomic mass is 10.1. The number of ether oxygens (including phenoxy) is 1. The molecule has 0 aliphatic carbocycles. The molecule has 1 aliphatic heterocycles. The van der Waals surface area contributed by atoms with Gasteiger partial charge in [0.15, 0.2) is 5.11 Å². The zero-order chi connectivity index (χ0) is 15.2. The SMILES string of the molecule is CCOc1ccc(C(=O)NC(=S)N2CCCCC2)cc1Br. The number of hydrogen-bond donors (Lipinski definition) is 1. The molecule has 0 radical (unpaired) electrons. The number of nitrogens with zero attached hydrogens (tertiary/aromatic N) is 1. The van der Waals surface area contributed by atoms with Crippen LogP contribution in [0.3, 0.4) is 0 Å². The van der Waals surface area contributed by atoms with E-state index in [1.54, 1.807) is 18.2 Å². The molecule has 0 aromatic heterocycles. The van der Waals surface area contributed by atoms with Crippen molar-refractivity contribution < 1.29 is 9.53 Å². The molecule has 0 atom stereocenters. The van der Waals surface area contributed by atoms with Gasteiger partial charge in [0.05, 0.1) is 11.1 Å². The van der Waals surface area contributed by atoms with Crippen molar-refractivity contribution in [1.29, 1.82) is 0 Å². The molecule has 1 fully saturated rings. The van der Waals surface area contributed by atoms with E-state index in [0.717, 1.165) is 36.2 Å². The number of nitrogens with one attached hydrogen (secondary N) is 1. The Labute approximate surface area is 139 Å². The number of thiocarbonyl (C=S) groups is 1. The van der Waals surface area contributed by atoms with E-state index in [1.807, 2.05) is 6.92 Å². The van der Waals surface area contributed by atoms with Crippen LogP contribution < -0.4 is 10.1 Å². The fourth-order valence-corrected chi connectivity index (χ4v) is 3.03. The molecule has 1 aliphatic rings. The van der Waals surface area contributed by atoms with Crippen LogP contribution in [-0.4, -0.2) is 35.6 Å². The number of carbonyl (C=O) groups is 1. The first-order valence-corrected chi connectivity index (χ1v) is 8.34. The van der Waals surface area contributed by atoms with Gasteiger partial charge in [0.2, 0.25) is 0 Å². The quantitative estimate of drug-likeness (QED) is 0.828. The molecule has 1 aromatic carbocycles. The average molecular weight is 371 g/mol. The van der Waals surface area contributed by atoms with Gasteiger partial charge in [-0.3, -0.25) is 10.1 Å². The second kappa shape index (κ2) is 7.75. The standard InChI is InChI=1S/C15H19BrN2O2S/c1-2-20-13-7-6-11(10-12(13)16)14(19)17-15(21)18-8-4-3-5-9-18/h6-7,10H,2-5,8-9H2,1H3,(H,17,19,21). The lowest BCUT2D eigenvalue weighted by molar-refractivity contribution is 0.0972. The predicted molar refractivity (Wildman–Crippen MR) is 90.8 cm³/mol. The van der Waals surface area contributed by atoms with Crippen LogP contribution in [0.25, 0.3) is 0 Å². The summed E-state index contributed by atoms with van der Waals surface area (Å²) in [6, 6.07) is 5.27. The minimum absolute atomic E-state index is 0.186. The summed E-state index contributed by atoms with van der Waals surface area (Å²) in [6.45, 7) is 4.35. The molecule has 0 bridgehead atoms. The first kappa shape index (κ1) is 16.2. The number of halogens is 1. The highest BCUT2D eigenvalue weighted by Crippen LogP contribution is 2.26. The largest absolute Gasteiger partial charge is 0.493 e. The minimum atomic E-state index is -0.186. The predicted octanol–water partition coefficient (Wildman–Crippen LogP) is 3.35. The molecule has 2 rings (SSSR count). The van der Waals surface area contributed by atoms with E-state index >= 15 is 0 Å². The summed E-state index contributed by atoms with van der Waals surface area (Å²) in [5.41, 5.74) is 0.560. The number of hydrogen-bond acceptors (Lipinski definition) is 3. The van der Waals surface area contributed by atoms with Crippen molar-refractivity contribution in [2.45, 2.75) is 26.2 Å². The second-order valence-electron chi connectivity index (χ2n) is 4.89. The Bertz CT molecular complexity index is 530. The van der Waals surface area contributed by atoms with Crippen LogP contribution in [0.15, 0.2) is 22.7 Å². The number of benzene rings is 1. The zero-order valence-corrected chi connectivity index (χ0v) is 14.4. The molecule has 114 valence electrons. The summed E-state index contributed by atoms with van der Waals surface area (Å²) < 4.78 is 6.20. The van der Waals surface area contributed by atoms with Crippen LogP contribution in [0.1, 0.15) is 36.5 Å². The van der Waals surface area contributed by atoms with Crippen LogP contribution in [0.5, 0.6) is 5.75 Å². The maximum absolute atomic E-state index is 12.2. The third-order valence-corrected chi connectivity index (χ3v) is 4.34. The van der Waals surface area contributed by atoms with E-state index < -0.39 is 0 Å². The summed E-state index contributed by atoms with van der Waals surface area (Å²) in [5, 5.41) is 3.32. The Morgan fingerprint density at radius 1 is 1.38 bits per heavy atom. The number of piperidine rings is 1. The van der Waals surface area contributed by atoms with E-state index in [1.165, 1.54) is 6.42 Å². The molecule has 1 aromatic rings. The molecule has 0 spiro atoms. The first-order valence-electron chi connectivity index (χ1n) is 7.14. The Morgan fingerprint density at radius 3 is 2.71 bits per heavy atom. The highest BCUT2D eigenvalue weighted by atomic mass is 79.9. The van der Waals surface area contributed by atoms with Crippen LogP contribution in [0, 0.1) is 0 Å². The third kappa shape index (κ3) is 4.41. The minimum Gasteiger partial charge on any atom is -0.493 e. The highest BCUT2D eigenvalue weighted by molar-refractivity contribution is 9.10. The van der Waals surface area contributed by atoms with Crippen LogP contribution in [-0.2, 0) is 0 Å². The lowest BCUT2D eigenvalue weighted by Crippen LogP contribution is -2.44. The van der Waals surface area contributed by atoms with Crippen molar-refractivity contribution in [1.82, 2.24) is 10.2 Å². The fraction of sp³-hybridized carbons (Fsp3) is 0.467. The Balaban J connectivity index is 1.99. The first-order chi connectivity index (χ1) is 10.1. The molecule has 1 saturated heterocycles. The van der Waals surface area contributed by atoms with Gasteiger partial charge in [-0.1, -0.05) is 0 Å². The van der Waals surface area contributed by atoms with Gasteiger partial charge in [-0.25, -0.2) is 0 Å². The van der Waals surface area contributed by atoms with Gasteiger partial charge in [-0.05, 0) is 72.5 Å². The Morgan fingerprint density at radius 2 is 2.10 bits per heavy atom. The van der Waals surface area contributed by atoms with Gasteiger partial charge in [-0.2, -0.15) is 0 Å². The maximum atomic E-state index is 12.2. The zero-order valence-electron chi connectivity index (χ0n) is 12.0. The van der Waals surface area contributed by atoms with Gasteiger partial charge in [0.25, 0.3) is 5.91 Å². The molecule has 21 heavy (non-hydrogen) atoms. The third-order valence-electron chi connectivity index (χ3n) is 3.36. The molecule has 1 N–H and O–H groups in total. The normalized spacial score (nSPS) is 14.7. The Hall–Kier alpha value is -1.14. The van der Waals surface area contributed by atoms with Crippen LogP contribution >= 0.6 is 28.1 Å². The lowest BCUT2D eigenvalue weighted by Gasteiger charge is -2.28. The van der Waals surface area contributed by atoms with Gasteiger partial charge >= 0.3 is 0 Å². The number of carbonyl (C=O) groups excluding carboxylic acids is 1. The van der Waals surface area contributed by atoms with Gasteiger partial charge in [-0.15, -0.1) is 0 Å². The van der Waals surface area contributed by atoms with Gasteiger partial charge in [0.1, 0.15) is 5.75 Å². The monoisotopic (exact) mass is 370 g/mol. The maximum Gasteiger partial charge on any atom is 0.257 e. The van der Waals surface area contributed by atoms with E-state index in [-0.39, 0.29) is 5.91 Å². The van der Waals surface area contributed by atoms with Crippen molar-refractivity contribution in [2.24, 2.45) is 0 Å². The van der Waals surface area contributed by atoms with Crippen LogP contribution in [0.2, 0.25) is 0 Å². The van der Waals surface area contributed by atoms with Crippen molar-refractivity contribution in [3.63, 3.8) is 0 Å². The summed E-state index contributed by atoms with van der Waals surface area (Å²) in [6.07, 6.45) is 3.49. The summed E-state index contributed by atoms with van der Waals surface area (Å²) in [4.78, 5) is 14.3. The Kier molecular flexibility index (Phi) is 5.99. The van der Waals surface area contributed by atoms with E-state index in [9.17, 15) is 4.79 Å². The number of likely N-dealkylation sites (tertiary alicyclic amines) is 1. The van der Waals surface area contributed by atoms with E-state index in [0.29, 0.717) is 17.3 Å². The number of amides is 1. The molecule has 6 heteroatoms. The summed E-state index contributed by atoms with van der Waals surface area (Å²) in [5.74, 6) is 0.543.